The smallest absolute Gasteiger partial charge is 0.328 e. The second-order valence-electron chi connectivity index (χ2n) is 4.00. The van der Waals surface area contributed by atoms with Crippen molar-refractivity contribution < 1.29 is 24.4 Å². The molecule has 1 aromatic rings. The molecule has 0 saturated carbocycles. The molecule has 0 bridgehead atoms. The topological polar surface area (TPSA) is 90.5 Å². The van der Waals surface area contributed by atoms with Gasteiger partial charge in [-0.25, -0.2) is 9.36 Å². The molecule has 98 valence electrons. The van der Waals surface area contributed by atoms with Crippen LogP contribution in [0.3, 0.4) is 0 Å². The molecule has 1 heterocycles. The maximum absolute atomic E-state index is 11.5. The summed E-state index contributed by atoms with van der Waals surface area (Å²) < 4.78 is 1.83. The average Bonchev–Trinajstić information content (AvgIpc) is 2.35. The number of amides is 1. The van der Waals surface area contributed by atoms with E-state index in [1.807, 2.05) is 36.0 Å². The molecule has 1 rings (SSSR count). The first-order valence-corrected chi connectivity index (χ1v) is 5.61. The van der Waals surface area contributed by atoms with E-state index >= 15 is 0 Å². The minimum atomic E-state index is -1.24. The van der Waals surface area contributed by atoms with Crippen LogP contribution in [0.4, 0.5) is 0 Å². The van der Waals surface area contributed by atoms with Gasteiger partial charge in [0.2, 0.25) is 5.91 Å². The summed E-state index contributed by atoms with van der Waals surface area (Å²) in [6.07, 6.45) is 3.87. The summed E-state index contributed by atoms with van der Waals surface area (Å²) in [5, 5.41) is 19.7. The Bertz CT molecular complexity index is 417. The Morgan fingerprint density at radius 3 is 2.50 bits per heavy atom. The number of carboxylic acids is 1. The number of aliphatic hydroxyl groups is 1. The fourth-order valence-electron chi connectivity index (χ4n) is 1.36. The van der Waals surface area contributed by atoms with E-state index in [1.54, 1.807) is 0 Å². The Hall–Kier alpha value is -1.95. The van der Waals surface area contributed by atoms with E-state index in [1.165, 1.54) is 0 Å². The van der Waals surface area contributed by atoms with Crippen molar-refractivity contribution in [3.63, 3.8) is 0 Å². The second-order valence-corrected chi connectivity index (χ2v) is 4.00. The zero-order valence-corrected chi connectivity index (χ0v) is 10.2. The van der Waals surface area contributed by atoms with Crippen LogP contribution in [0.25, 0.3) is 0 Å². The molecule has 0 aliphatic heterocycles. The third-order valence-electron chi connectivity index (χ3n) is 2.47. The first-order valence-electron chi connectivity index (χ1n) is 5.61. The van der Waals surface area contributed by atoms with E-state index in [0.717, 1.165) is 5.56 Å². The van der Waals surface area contributed by atoms with Gasteiger partial charge in [-0.05, 0) is 12.5 Å². The third kappa shape index (κ3) is 4.50. The van der Waals surface area contributed by atoms with Gasteiger partial charge in [-0.15, -0.1) is 0 Å². The third-order valence-corrected chi connectivity index (χ3v) is 2.47. The Labute approximate surface area is 105 Å². The number of carbonyl (C=O) groups is 2. The molecule has 18 heavy (non-hydrogen) atoms. The minimum Gasteiger partial charge on any atom is -0.480 e. The number of carboxylic acid groups (broad SMARTS) is 1. The van der Waals surface area contributed by atoms with Crippen LogP contribution in [0, 0.1) is 6.92 Å². The predicted octanol–water partition coefficient (Wildman–Crippen LogP) is -0.766. The first kappa shape index (κ1) is 14.1. The molecule has 0 radical (unpaired) electrons. The molecule has 0 aliphatic carbocycles. The van der Waals surface area contributed by atoms with Crippen LogP contribution < -0.4 is 9.88 Å². The molecule has 6 nitrogen and oxygen atoms in total. The molecule has 0 saturated heterocycles. The monoisotopic (exact) mass is 253 g/mol. The number of pyridine rings is 1. The number of aryl methyl sites for hydroxylation is 2. The number of nitrogens with one attached hydrogen (secondary N) is 1. The molecule has 0 spiro atoms. The van der Waals surface area contributed by atoms with Gasteiger partial charge in [0.05, 0.1) is 13.0 Å². The predicted molar refractivity (Wildman–Crippen MR) is 62.6 cm³/mol. The Morgan fingerprint density at radius 2 is 2.00 bits per heavy atom. The van der Waals surface area contributed by atoms with Crippen LogP contribution in [-0.2, 0) is 16.1 Å². The number of aromatic nitrogens is 1. The Kier molecular flexibility index (Phi) is 5.26. The van der Waals surface area contributed by atoms with Crippen LogP contribution in [-0.4, -0.2) is 34.7 Å². The van der Waals surface area contributed by atoms with Gasteiger partial charge < -0.3 is 15.5 Å². The largest absolute Gasteiger partial charge is 0.480 e. The van der Waals surface area contributed by atoms with Gasteiger partial charge in [0, 0.05) is 12.1 Å². The number of hydrogen-bond acceptors (Lipinski definition) is 3. The molecule has 0 fully saturated rings. The van der Waals surface area contributed by atoms with E-state index in [-0.39, 0.29) is 6.42 Å². The van der Waals surface area contributed by atoms with Gasteiger partial charge >= 0.3 is 5.97 Å². The van der Waals surface area contributed by atoms with Crippen molar-refractivity contribution in [3.8, 4) is 0 Å². The molecule has 6 heteroatoms. The number of nitrogens with zero attached hydrogens (tertiary/aromatic N) is 1. The van der Waals surface area contributed by atoms with E-state index in [4.69, 9.17) is 10.2 Å². The van der Waals surface area contributed by atoms with Crippen molar-refractivity contribution in [1.82, 2.24) is 5.32 Å². The van der Waals surface area contributed by atoms with Gasteiger partial charge in [0.1, 0.15) is 6.04 Å². The molecular formula is C12H17N2O4+. The normalized spacial score (nSPS) is 11.9. The van der Waals surface area contributed by atoms with Crippen molar-refractivity contribution in [2.45, 2.75) is 25.9 Å². The second kappa shape index (κ2) is 6.70. The van der Waals surface area contributed by atoms with Gasteiger partial charge in [-0.2, -0.15) is 0 Å². The van der Waals surface area contributed by atoms with Gasteiger partial charge in [0.25, 0.3) is 0 Å². The SMILES string of the molecule is Cc1cc[n+](CCC(=O)NC(CO)C(=O)O)cc1. The molecular weight excluding hydrogens is 236 g/mol. The first-order chi connectivity index (χ1) is 8.52. The lowest BCUT2D eigenvalue weighted by molar-refractivity contribution is -0.695. The summed E-state index contributed by atoms with van der Waals surface area (Å²) in [7, 11) is 0. The van der Waals surface area contributed by atoms with E-state index in [9.17, 15) is 9.59 Å². The zero-order valence-electron chi connectivity index (χ0n) is 10.2. The number of aliphatic carboxylic acids is 1. The lowest BCUT2D eigenvalue weighted by atomic mass is 10.3. The van der Waals surface area contributed by atoms with Crippen LogP contribution in [0.1, 0.15) is 12.0 Å². The van der Waals surface area contributed by atoms with Crippen LogP contribution in [0.15, 0.2) is 24.5 Å². The van der Waals surface area contributed by atoms with Crippen molar-refractivity contribution in [2.24, 2.45) is 0 Å². The highest BCUT2D eigenvalue weighted by Gasteiger charge is 2.19. The summed E-state index contributed by atoms with van der Waals surface area (Å²) in [5.74, 6) is -1.64. The van der Waals surface area contributed by atoms with Crippen molar-refractivity contribution >= 4 is 11.9 Å². The van der Waals surface area contributed by atoms with E-state index in [2.05, 4.69) is 5.32 Å². The summed E-state index contributed by atoms with van der Waals surface area (Å²) in [4.78, 5) is 22.1. The van der Waals surface area contributed by atoms with Crippen molar-refractivity contribution in [3.05, 3.63) is 30.1 Å². The maximum Gasteiger partial charge on any atom is 0.328 e. The molecule has 0 aromatic carbocycles. The highest BCUT2D eigenvalue weighted by atomic mass is 16.4. The highest BCUT2D eigenvalue weighted by molar-refractivity contribution is 5.83. The quantitative estimate of drug-likeness (QED) is 0.581. The lowest BCUT2D eigenvalue weighted by Crippen LogP contribution is -2.45. The Balaban J connectivity index is 2.41. The van der Waals surface area contributed by atoms with E-state index < -0.39 is 24.5 Å². The summed E-state index contributed by atoms with van der Waals surface area (Å²) >= 11 is 0. The van der Waals surface area contributed by atoms with Crippen LogP contribution in [0.5, 0.6) is 0 Å². The fourth-order valence-corrected chi connectivity index (χ4v) is 1.36. The zero-order chi connectivity index (χ0) is 13.5. The van der Waals surface area contributed by atoms with Gasteiger partial charge in [-0.1, -0.05) is 0 Å². The molecule has 0 aliphatic rings. The minimum absolute atomic E-state index is 0.164. The van der Waals surface area contributed by atoms with Crippen LogP contribution >= 0.6 is 0 Å². The molecule has 1 aromatic heterocycles. The number of carbonyl (C=O) groups excluding carboxylic acids is 1. The summed E-state index contributed by atoms with van der Waals surface area (Å²) in [6, 6.07) is 2.61. The summed E-state index contributed by atoms with van der Waals surface area (Å²) in [6.45, 7) is 1.82. The number of aliphatic hydroxyl groups excluding tert-OH is 1. The maximum atomic E-state index is 11.5. The van der Waals surface area contributed by atoms with E-state index in [0.29, 0.717) is 6.54 Å². The highest BCUT2D eigenvalue weighted by Crippen LogP contribution is 1.91. The molecule has 1 unspecified atom stereocenters. The summed E-state index contributed by atoms with van der Waals surface area (Å²) in [5.41, 5.74) is 1.13. The lowest BCUT2D eigenvalue weighted by Gasteiger charge is -2.10. The number of rotatable bonds is 6. The van der Waals surface area contributed by atoms with Gasteiger partial charge in [-0.3, -0.25) is 4.79 Å². The molecule has 1 amide bonds. The molecule has 3 N–H and O–H groups in total. The van der Waals surface area contributed by atoms with Crippen LogP contribution in [0.2, 0.25) is 0 Å². The van der Waals surface area contributed by atoms with Crippen molar-refractivity contribution in [2.75, 3.05) is 6.61 Å². The van der Waals surface area contributed by atoms with Crippen molar-refractivity contribution in [1.29, 1.82) is 0 Å². The molecule has 1 atom stereocenters. The fraction of sp³-hybridized carbons (Fsp3) is 0.417. The standard InChI is InChI=1S/C12H16N2O4/c1-9-2-5-14(6-3-9)7-4-11(16)13-10(8-15)12(17)18/h2-3,5-6,10,15H,4,7-8H2,1H3,(H-,13,16,17,18)/p+1. The average molecular weight is 253 g/mol. The van der Waals surface area contributed by atoms with Gasteiger partial charge in [0.15, 0.2) is 18.9 Å². The Morgan fingerprint density at radius 1 is 1.39 bits per heavy atom. The number of hydrogen-bond donors (Lipinski definition) is 3.